The molecule has 1 amide bonds. The summed E-state index contributed by atoms with van der Waals surface area (Å²) in [6.45, 7) is 6.98. The van der Waals surface area contributed by atoms with Gasteiger partial charge in [0.1, 0.15) is 5.69 Å². The highest BCUT2D eigenvalue weighted by Crippen LogP contribution is 2.27. The second kappa shape index (κ2) is 4.63. The number of rotatable bonds is 2. The second-order valence-electron chi connectivity index (χ2n) is 5.42. The number of carbonyl (C=O) groups is 1. The van der Waals surface area contributed by atoms with E-state index in [-0.39, 0.29) is 5.91 Å². The molecule has 18 heavy (non-hydrogen) atoms. The molecule has 1 atom stereocenters. The molecular formula is C13H22N4O. The Morgan fingerprint density at radius 3 is 2.67 bits per heavy atom. The highest BCUT2D eigenvalue weighted by molar-refractivity contribution is 5.98. The molecule has 2 N–H and O–H groups in total. The van der Waals surface area contributed by atoms with Crippen LogP contribution in [0, 0.1) is 12.8 Å². The Morgan fingerprint density at radius 1 is 1.50 bits per heavy atom. The van der Waals surface area contributed by atoms with Gasteiger partial charge in [-0.1, -0.05) is 13.8 Å². The topological polar surface area (TPSA) is 64.2 Å². The fourth-order valence-electron chi connectivity index (χ4n) is 2.80. The minimum absolute atomic E-state index is 0.0202. The first-order chi connectivity index (χ1) is 8.43. The number of carbonyl (C=O) groups excluding carboxylic acids is 1. The predicted molar refractivity (Wildman–Crippen MR) is 71.3 cm³/mol. The van der Waals surface area contributed by atoms with E-state index in [4.69, 9.17) is 5.73 Å². The van der Waals surface area contributed by atoms with Gasteiger partial charge in [0.25, 0.3) is 5.91 Å². The van der Waals surface area contributed by atoms with Gasteiger partial charge in [0.05, 0.1) is 11.4 Å². The summed E-state index contributed by atoms with van der Waals surface area (Å²) < 4.78 is 1.60. The summed E-state index contributed by atoms with van der Waals surface area (Å²) in [7, 11) is 1.77. The normalized spacial score (nSPS) is 19.8. The Kier molecular flexibility index (Phi) is 3.32. The molecule has 2 heterocycles. The number of nitrogens with two attached hydrogens (primary N) is 1. The van der Waals surface area contributed by atoms with Gasteiger partial charge in [0.2, 0.25) is 0 Å². The Morgan fingerprint density at radius 2 is 2.17 bits per heavy atom. The number of aryl methyl sites for hydroxylation is 2. The molecule has 0 aliphatic carbocycles. The van der Waals surface area contributed by atoms with E-state index in [0.29, 0.717) is 23.3 Å². The molecule has 100 valence electrons. The van der Waals surface area contributed by atoms with E-state index < -0.39 is 0 Å². The first kappa shape index (κ1) is 12.9. The number of nitrogens with zero attached hydrogens (tertiary/aromatic N) is 3. The fraction of sp³-hybridized carbons (Fsp3) is 0.692. The van der Waals surface area contributed by atoms with Crippen LogP contribution in [0.25, 0.3) is 0 Å². The first-order valence-electron chi connectivity index (χ1n) is 6.53. The monoisotopic (exact) mass is 250 g/mol. The van der Waals surface area contributed by atoms with E-state index in [1.807, 2.05) is 11.8 Å². The lowest BCUT2D eigenvalue weighted by Gasteiger charge is -2.27. The highest BCUT2D eigenvalue weighted by atomic mass is 16.2. The molecule has 0 radical (unpaired) electrons. The maximum atomic E-state index is 12.6. The number of aromatic nitrogens is 2. The van der Waals surface area contributed by atoms with Crippen molar-refractivity contribution in [2.45, 2.75) is 39.7 Å². The van der Waals surface area contributed by atoms with Crippen LogP contribution < -0.4 is 5.73 Å². The molecule has 5 heteroatoms. The van der Waals surface area contributed by atoms with E-state index >= 15 is 0 Å². The van der Waals surface area contributed by atoms with Gasteiger partial charge < -0.3 is 10.6 Å². The Balaban J connectivity index is 2.31. The number of anilines is 1. The molecule has 1 unspecified atom stereocenters. The van der Waals surface area contributed by atoms with Crippen molar-refractivity contribution in [3.8, 4) is 0 Å². The van der Waals surface area contributed by atoms with Crippen LogP contribution in [-0.2, 0) is 7.05 Å². The van der Waals surface area contributed by atoms with Gasteiger partial charge in [0, 0.05) is 19.6 Å². The smallest absolute Gasteiger partial charge is 0.274 e. The number of nitrogen functional groups attached to an aromatic ring is 1. The lowest BCUT2D eigenvalue weighted by atomic mass is 10.0. The molecule has 0 aromatic carbocycles. The van der Waals surface area contributed by atoms with Crippen molar-refractivity contribution in [2.75, 3.05) is 12.3 Å². The quantitative estimate of drug-likeness (QED) is 0.866. The zero-order chi connectivity index (χ0) is 13.4. The summed E-state index contributed by atoms with van der Waals surface area (Å²) in [5.74, 6) is 0.499. The van der Waals surface area contributed by atoms with Crippen molar-refractivity contribution >= 4 is 11.6 Å². The minimum atomic E-state index is 0.0202. The summed E-state index contributed by atoms with van der Waals surface area (Å²) in [5.41, 5.74) is 7.72. The predicted octanol–water partition coefficient (Wildman–Crippen LogP) is 1.57. The van der Waals surface area contributed by atoms with E-state index in [0.717, 1.165) is 25.1 Å². The zero-order valence-electron chi connectivity index (χ0n) is 11.6. The van der Waals surface area contributed by atoms with Gasteiger partial charge in [-0.3, -0.25) is 9.48 Å². The van der Waals surface area contributed by atoms with Crippen molar-refractivity contribution in [1.82, 2.24) is 14.7 Å². The van der Waals surface area contributed by atoms with Crippen LogP contribution in [0.3, 0.4) is 0 Å². The van der Waals surface area contributed by atoms with Crippen LogP contribution in [0.4, 0.5) is 5.69 Å². The Labute approximate surface area is 108 Å². The van der Waals surface area contributed by atoms with Crippen molar-refractivity contribution in [3.63, 3.8) is 0 Å². The molecule has 1 aromatic rings. The maximum Gasteiger partial charge on any atom is 0.274 e. The first-order valence-corrected chi connectivity index (χ1v) is 6.53. The van der Waals surface area contributed by atoms with Gasteiger partial charge in [-0.05, 0) is 25.7 Å². The molecule has 2 rings (SSSR count). The molecule has 5 nitrogen and oxygen atoms in total. The summed E-state index contributed by atoms with van der Waals surface area (Å²) in [4.78, 5) is 14.6. The fourth-order valence-corrected chi connectivity index (χ4v) is 2.80. The summed E-state index contributed by atoms with van der Waals surface area (Å²) in [5, 5.41) is 4.22. The third-order valence-electron chi connectivity index (χ3n) is 3.80. The molecular weight excluding hydrogens is 228 g/mol. The average molecular weight is 250 g/mol. The SMILES string of the molecule is Cc1nn(C)c(C(=O)N2CCCC2C(C)C)c1N. The minimum Gasteiger partial charge on any atom is -0.395 e. The summed E-state index contributed by atoms with van der Waals surface area (Å²) in [6.07, 6.45) is 2.16. The molecule has 1 aromatic heterocycles. The van der Waals surface area contributed by atoms with Gasteiger partial charge in [-0.25, -0.2) is 0 Å². The van der Waals surface area contributed by atoms with E-state index in [1.54, 1.807) is 11.7 Å². The molecule has 1 saturated heterocycles. The van der Waals surface area contributed by atoms with Crippen LogP contribution in [0.2, 0.25) is 0 Å². The van der Waals surface area contributed by atoms with E-state index in [1.165, 1.54) is 0 Å². The number of likely N-dealkylation sites (tertiary alicyclic amines) is 1. The molecule has 0 spiro atoms. The van der Waals surface area contributed by atoms with Crippen molar-refractivity contribution in [1.29, 1.82) is 0 Å². The number of hydrogen-bond donors (Lipinski definition) is 1. The van der Waals surface area contributed by atoms with Gasteiger partial charge in [0.15, 0.2) is 0 Å². The highest BCUT2D eigenvalue weighted by Gasteiger charge is 2.33. The largest absolute Gasteiger partial charge is 0.395 e. The van der Waals surface area contributed by atoms with Crippen molar-refractivity contribution in [3.05, 3.63) is 11.4 Å². The third kappa shape index (κ3) is 1.98. The van der Waals surface area contributed by atoms with Crippen LogP contribution in [0.5, 0.6) is 0 Å². The third-order valence-corrected chi connectivity index (χ3v) is 3.80. The Hall–Kier alpha value is -1.52. The van der Waals surface area contributed by atoms with Crippen LogP contribution >= 0.6 is 0 Å². The van der Waals surface area contributed by atoms with E-state index in [9.17, 15) is 4.79 Å². The van der Waals surface area contributed by atoms with Gasteiger partial charge in [-0.15, -0.1) is 0 Å². The second-order valence-corrected chi connectivity index (χ2v) is 5.42. The van der Waals surface area contributed by atoms with Crippen LogP contribution in [0.1, 0.15) is 42.9 Å². The van der Waals surface area contributed by atoms with Gasteiger partial charge >= 0.3 is 0 Å². The maximum absolute atomic E-state index is 12.6. The molecule has 0 bridgehead atoms. The van der Waals surface area contributed by atoms with Gasteiger partial charge in [-0.2, -0.15) is 5.10 Å². The molecule has 1 aliphatic rings. The molecule has 1 aliphatic heterocycles. The molecule has 1 fully saturated rings. The molecule has 0 saturated carbocycles. The Bertz CT molecular complexity index is 464. The average Bonchev–Trinajstić information content (AvgIpc) is 2.85. The van der Waals surface area contributed by atoms with Crippen LogP contribution in [-0.4, -0.2) is 33.2 Å². The number of amides is 1. The van der Waals surface area contributed by atoms with E-state index in [2.05, 4.69) is 18.9 Å². The zero-order valence-corrected chi connectivity index (χ0v) is 11.6. The summed E-state index contributed by atoms with van der Waals surface area (Å²) in [6, 6.07) is 0.326. The number of hydrogen-bond acceptors (Lipinski definition) is 3. The lowest BCUT2D eigenvalue weighted by molar-refractivity contribution is 0.0691. The van der Waals surface area contributed by atoms with Crippen molar-refractivity contribution < 1.29 is 4.79 Å². The van der Waals surface area contributed by atoms with Crippen molar-refractivity contribution in [2.24, 2.45) is 13.0 Å². The standard InChI is InChI=1S/C13H22N4O/c1-8(2)10-6-5-7-17(10)13(18)12-11(14)9(3)15-16(12)4/h8,10H,5-7,14H2,1-4H3. The summed E-state index contributed by atoms with van der Waals surface area (Å²) >= 11 is 0. The lowest BCUT2D eigenvalue weighted by Crippen LogP contribution is -2.39. The van der Waals surface area contributed by atoms with Crippen LogP contribution in [0.15, 0.2) is 0 Å².